The zero-order chi connectivity index (χ0) is 20.5. The molecule has 1 atom stereocenters. The predicted molar refractivity (Wildman–Crippen MR) is 118 cm³/mol. The van der Waals surface area contributed by atoms with Gasteiger partial charge in [-0.2, -0.15) is 11.3 Å². The second kappa shape index (κ2) is 7.68. The molecule has 0 spiro atoms. The Morgan fingerprint density at radius 2 is 1.87 bits per heavy atom. The molecule has 2 aromatic carbocycles. The first-order valence-corrected chi connectivity index (χ1v) is 10.4. The molecule has 0 amide bonds. The minimum Gasteiger partial charge on any atom is -0.356 e. The van der Waals surface area contributed by atoms with Crippen LogP contribution in [0.15, 0.2) is 77.8 Å². The summed E-state index contributed by atoms with van der Waals surface area (Å²) in [6, 6.07) is 16.0. The monoisotopic (exact) mass is 415 g/mol. The summed E-state index contributed by atoms with van der Waals surface area (Å²) >= 11 is 1.60. The average Bonchev–Trinajstić information content (AvgIpc) is 3.44. The fourth-order valence-corrected chi connectivity index (χ4v) is 4.12. The minimum atomic E-state index is -0.514. The number of halogens is 1. The highest BCUT2D eigenvalue weighted by atomic mass is 32.1. The van der Waals surface area contributed by atoms with Gasteiger partial charge in [-0.25, -0.2) is 19.3 Å². The number of anilines is 1. The Kier molecular flexibility index (Phi) is 4.72. The molecule has 0 aliphatic rings. The van der Waals surface area contributed by atoms with Crippen LogP contribution in [0.25, 0.3) is 22.3 Å². The third-order valence-electron chi connectivity index (χ3n) is 5.00. The molecule has 0 saturated heterocycles. The highest BCUT2D eigenvalue weighted by Crippen LogP contribution is 2.31. The molecule has 148 valence electrons. The van der Waals surface area contributed by atoms with Crippen LogP contribution in [0.2, 0.25) is 0 Å². The van der Waals surface area contributed by atoms with E-state index in [0.29, 0.717) is 23.0 Å². The van der Waals surface area contributed by atoms with Gasteiger partial charge in [0, 0.05) is 41.3 Å². The lowest BCUT2D eigenvalue weighted by molar-refractivity contribution is 0.596. The van der Waals surface area contributed by atoms with E-state index in [1.165, 1.54) is 6.07 Å². The smallest absolute Gasteiger partial charge is 0.162 e. The summed E-state index contributed by atoms with van der Waals surface area (Å²) in [4.78, 5) is 14.0. The van der Waals surface area contributed by atoms with E-state index in [1.807, 2.05) is 65.0 Å². The Morgan fingerprint density at radius 1 is 1.03 bits per heavy atom. The second-order valence-corrected chi connectivity index (χ2v) is 7.70. The number of hydrogen-bond donors (Lipinski definition) is 1. The molecule has 7 heteroatoms. The van der Waals surface area contributed by atoms with Gasteiger partial charge in [0.25, 0.3) is 0 Å². The highest BCUT2D eigenvalue weighted by Gasteiger charge is 2.23. The number of fused-ring (bicyclic) bond motifs is 1. The molecule has 5 aromatic rings. The molecule has 3 heterocycles. The number of rotatable bonds is 5. The van der Waals surface area contributed by atoms with Crippen LogP contribution >= 0.6 is 11.3 Å². The van der Waals surface area contributed by atoms with Crippen molar-refractivity contribution in [3.8, 4) is 11.4 Å². The summed E-state index contributed by atoms with van der Waals surface area (Å²) in [6.07, 6.45) is 3.56. The molecule has 0 aliphatic carbocycles. The van der Waals surface area contributed by atoms with E-state index >= 15 is 0 Å². The van der Waals surface area contributed by atoms with Gasteiger partial charge in [0.05, 0.1) is 5.52 Å². The fourth-order valence-electron chi connectivity index (χ4n) is 3.49. The van der Waals surface area contributed by atoms with Crippen molar-refractivity contribution >= 4 is 28.1 Å². The number of benzene rings is 2. The molecular formula is C23H18FN5S. The Labute approximate surface area is 176 Å². The van der Waals surface area contributed by atoms with Crippen molar-refractivity contribution in [1.29, 1.82) is 0 Å². The number of para-hydroxylation sites is 1. The number of thiophene rings is 1. The first-order valence-electron chi connectivity index (χ1n) is 9.48. The molecule has 30 heavy (non-hydrogen) atoms. The minimum absolute atomic E-state index is 0.297. The molecular weight excluding hydrogens is 397 g/mol. The zero-order valence-electron chi connectivity index (χ0n) is 16.2. The Morgan fingerprint density at radius 3 is 2.63 bits per heavy atom. The lowest BCUT2D eigenvalue weighted by atomic mass is 10.0. The maximum absolute atomic E-state index is 14.8. The Hall–Kier alpha value is -3.58. The van der Waals surface area contributed by atoms with Crippen molar-refractivity contribution in [2.24, 2.45) is 7.05 Å². The molecule has 0 radical (unpaired) electrons. The maximum Gasteiger partial charge on any atom is 0.162 e. The van der Waals surface area contributed by atoms with E-state index in [1.54, 1.807) is 29.7 Å². The van der Waals surface area contributed by atoms with Crippen LogP contribution in [0.4, 0.5) is 10.2 Å². The van der Waals surface area contributed by atoms with E-state index in [-0.39, 0.29) is 5.82 Å². The normalized spacial score (nSPS) is 12.2. The SMILES string of the molecule is Cn1ccnc1C(Nc1nc(-c2ccsc2)nc2ccccc12)c1ccccc1F. The molecule has 3 aromatic heterocycles. The summed E-state index contributed by atoms with van der Waals surface area (Å²) in [5.41, 5.74) is 2.28. The van der Waals surface area contributed by atoms with Crippen LogP contribution in [0.1, 0.15) is 17.4 Å². The lowest BCUT2D eigenvalue weighted by Gasteiger charge is -2.21. The van der Waals surface area contributed by atoms with Crippen molar-refractivity contribution < 1.29 is 4.39 Å². The van der Waals surface area contributed by atoms with Crippen LogP contribution < -0.4 is 5.32 Å². The molecule has 1 unspecified atom stereocenters. The third-order valence-corrected chi connectivity index (χ3v) is 5.68. The van der Waals surface area contributed by atoms with Crippen LogP contribution in [-0.2, 0) is 7.05 Å². The number of aromatic nitrogens is 4. The maximum atomic E-state index is 14.8. The van der Waals surface area contributed by atoms with E-state index in [0.717, 1.165) is 16.5 Å². The van der Waals surface area contributed by atoms with Crippen LogP contribution in [0.5, 0.6) is 0 Å². The van der Waals surface area contributed by atoms with E-state index < -0.39 is 6.04 Å². The van der Waals surface area contributed by atoms with E-state index in [4.69, 9.17) is 9.97 Å². The quantitative estimate of drug-likeness (QED) is 0.416. The van der Waals surface area contributed by atoms with Crippen molar-refractivity contribution in [1.82, 2.24) is 19.5 Å². The molecule has 0 bridgehead atoms. The van der Waals surface area contributed by atoms with Gasteiger partial charge in [0.15, 0.2) is 5.82 Å². The summed E-state index contributed by atoms with van der Waals surface area (Å²) in [5.74, 6) is 1.66. The van der Waals surface area contributed by atoms with Gasteiger partial charge in [-0.05, 0) is 29.6 Å². The number of nitrogens with zero attached hydrogens (tertiary/aromatic N) is 4. The van der Waals surface area contributed by atoms with E-state index in [9.17, 15) is 4.39 Å². The summed E-state index contributed by atoms with van der Waals surface area (Å²) in [6.45, 7) is 0. The van der Waals surface area contributed by atoms with Gasteiger partial charge in [0.1, 0.15) is 23.5 Å². The first-order chi connectivity index (χ1) is 14.7. The van der Waals surface area contributed by atoms with Gasteiger partial charge in [-0.3, -0.25) is 0 Å². The third kappa shape index (κ3) is 3.33. The molecule has 0 saturated carbocycles. The molecule has 5 rings (SSSR count). The van der Waals surface area contributed by atoms with Gasteiger partial charge in [0.2, 0.25) is 0 Å². The average molecular weight is 415 g/mol. The van der Waals surface area contributed by atoms with Gasteiger partial charge in [-0.1, -0.05) is 30.3 Å². The summed E-state index contributed by atoms with van der Waals surface area (Å²) < 4.78 is 16.7. The lowest BCUT2D eigenvalue weighted by Crippen LogP contribution is -2.19. The predicted octanol–water partition coefficient (Wildman–Crippen LogP) is 5.43. The summed E-state index contributed by atoms with van der Waals surface area (Å²) in [5, 5.41) is 8.33. The Bertz CT molecular complexity index is 1310. The van der Waals surface area contributed by atoms with Crippen molar-refractivity contribution in [3.63, 3.8) is 0 Å². The highest BCUT2D eigenvalue weighted by molar-refractivity contribution is 7.08. The Balaban J connectivity index is 1.68. The topological polar surface area (TPSA) is 55.6 Å². The van der Waals surface area contributed by atoms with Gasteiger partial charge >= 0.3 is 0 Å². The van der Waals surface area contributed by atoms with Crippen LogP contribution in [0, 0.1) is 5.82 Å². The molecule has 5 nitrogen and oxygen atoms in total. The number of aryl methyl sites for hydroxylation is 1. The van der Waals surface area contributed by atoms with Crippen molar-refractivity contribution in [3.05, 3.63) is 95.0 Å². The fraction of sp³-hybridized carbons (Fsp3) is 0.0870. The van der Waals surface area contributed by atoms with Crippen LogP contribution in [0.3, 0.4) is 0 Å². The summed E-state index contributed by atoms with van der Waals surface area (Å²) in [7, 11) is 1.90. The zero-order valence-corrected chi connectivity index (χ0v) is 17.0. The van der Waals surface area contributed by atoms with Crippen LogP contribution in [-0.4, -0.2) is 19.5 Å². The van der Waals surface area contributed by atoms with Gasteiger partial charge in [-0.15, -0.1) is 0 Å². The largest absolute Gasteiger partial charge is 0.356 e. The van der Waals surface area contributed by atoms with E-state index in [2.05, 4.69) is 10.3 Å². The first kappa shape index (κ1) is 18.4. The molecule has 1 N–H and O–H groups in total. The van der Waals surface area contributed by atoms with Crippen molar-refractivity contribution in [2.45, 2.75) is 6.04 Å². The van der Waals surface area contributed by atoms with Gasteiger partial charge < -0.3 is 9.88 Å². The molecule has 0 fully saturated rings. The number of nitrogens with one attached hydrogen (secondary N) is 1. The number of imidazole rings is 1. The van der Waals surface area contributed by atoms with Crippen molar-refractivity contribution in [2.75, 3.05) is 5.32 Å². The second-order valence-electron chi connectivity index (χ2n) is 6.92. The standard InChI is InChI=1S/C23H18FN5S/c1-29-12-11-25-23(29)20(16-6-2-4-8-18(16)24)27-22-17-7-3-5-9-19(17)26-21(28-22)15-10-13-30-14-15/h2-14,20H,1H3,(H,26,27,28). The number of hydrogen-bond acceptors (Lipinski definition) is 5. The molecule has 0 aliphatic heterocycles.